The molecule has 2 aromatic carbocycles. The average molecular weight is 342 g/mol. The van der Waals surface area contributed by atoms with E-state index in [-0.39, 0.29) is 11.8 Å². The molecule has 0 bridgehead atoms. The van der Waals surface area contributed by atoms with Crippen molar-refractivity contribution in [1.29, 1.82) is 0 Å². The molecular formula is C18H18N2O3S. The molecule has 2 N–H and O–H groups in total. The van der Waals surface area contributed by atoms with Crippen molar-refractivity contribution in [1.82, 2.24) is 0 Å². The largest absolute Gasteiger partial charge is 0.492 e. The fourth-order valence-corrected chi connectivity index (χ4v) is 3.51. The first kappa shape index (κ1) is 16.4. The minimum absolute atomic E-state index is 0.336. The van der Waals surface area contributed by atoms with Crippen LogP contribution in [0.25, 0.3) is 0 Å². The maximum Gasteiger partial charge on any atom is 0.250 e. The van der Waals surface area contributed by atoms with Crippen molar-refractivity contribution in [3.63, 3.8) is 0 Å². The molecule has 0 spiro atoms. The molecule has 1 unspecified atom stereocenters. The van der Waals surface area contributed by atoms with E-state index in [4.69, 9.17) is 4.74 Å². The van der Waals surface area contributed by atoms with E-state index in [1.807, 2.05) is 43.3 Å². The molecule has 0 saturated heterocycles. The molecule has 124 valence electrons. The van der Waals surface area contributed by atoms with Crippen molar-refractivity contribution in [3.05, 3.63) is 48.5 Å². The molecule has 0 fully saturated rings. The number of ether oxygens (including phenoxy) is 1. The van der Waals surface area contributed by atoms with Crippen LogP contribution in [-0.2, 0) is 9.59 Å². The van der Waals surface area contributed by atoms with E-state index < -0.39 is 4.75 Å². The molecule has 1 heterocycles. The number of benzene rings is 2. The topological polar surface area (TPSA) is 67.4 Å². The van der Waals surface area contributed by atoms with Gasteiger partial charge < -0.3 is 15.4 Å². The highest BCUT2D eigenvalue weighted by Crippen LogP contribution is 2.43. The van der Waals surface area contributed by atoms with E-state index in [9.17, 15) is 9.59 Å². The maximum atomic E-state index is 12.8. The van der Waals surface area contributed by atoms with Crippen molar-refractivity contribution in [2.24, 2.45) is 0 Å². The first-order valence-electron chi connectivity index (χ1n) is 7.67. The van der Waals surface area contributed by atoms with Crippen molar-refractivity contribution in [3.8, 4) is 5.75 Å². The van der Waals surface area contributed by atoms with Crippen molar-refractivity contribution in [2.75, 3.05) is 17.2 Å². The number of hydrogen-bond acceptors (Lipinski definition) is 4. The molecule has 5 nitrogen and oxygen atoms in total. The van der Waals surface area contributed by atoms with Crippen LogP contribution in [0, 0.1) is 0 Å². The van der Waals surface area contributed by atoms with Crippen LogP contribution < -0.4 is 15.4 Å². The highest BCUT2D eigenvalue weighted by molar-refractivity contribution is 8.02. The van der Waals surface area contributed by atoms with Gasteiger partial charge in [0, 0.05) is 4.90 Å². The molecule has 6 heteroatoms. The van der Waals surface area contributed by atoms with Gasteiger partial charge in [-0.25, -0.2) is 0 Å². The Morgan fingerprint density at radius 2 is 1.92 bits per heavy atom. The quantitative estimate of drug-likeness (QED) is 0.834. The normalized spacial score (nSPS) is 19.2. The highest BCUT2D eigenvalue weighted by Gasteiger charge is 2.46. The molecule has 0 aliphatic carbocycles. The van der Waals surface area contributed by atoms with Crippen LogP contribution in [-0.4, -0.2) is 23.2 Å². The van der Waals surface area contributed by atoms with Gasteiger partial charge in [-0.1, -0.05) is 36.0 Å². The van der Waals surface area contributed by atoms with E-state index in [0.29, 0.717) is 18.0 Å². The average Bonchev–Trinajstić information content (AvgIpc) is 2.58. The van der Waals surface area contributed by atoms with Gasteiger partial charge in [-0.15, -0.1) is 0 Å². The SMILES string of the molecule is CCOc1ccccc1NC(=O)C1(C)Sc2ccccc2NC1=O. The van der Waals surface area contributed by atoms with Gasteiger partial charge in [0.2, 0.25) is 11.8 Å². The molecular weight excluding hydrogens is 324 g/mol. The van der Waals surface area contributed by atoms with Crippen LogP contribution in [0.15, 0.2) is 53.4 Å². The number of amides is 2. The summed E-state index contributed by atoms with van der Waals surface area (Å²) in [4.78, 5) is 26.2. The van der Waals surface area contributed by atoms with Gasteiger partial charge in [-0.05, 0) is 38.1 Å². The van der Waals surface area contributed by atoms with Crippen LogP contribution in [0.1, 0.15) is 13.8 Å². The number of carbonyl (C=O) groups is 2. The summed E-state index contributed by atoms with van der Waals surface area (Å²) in [5, 5.41) is 5.63. The third-order valence-corrected chi connectivity index (χ3v) is 5.11. The van der Waals surface area contributed by atoms with Gasteiger partial charge in [0.15, 0.2) is 4.75 Å². The lowest BCUT2D eigenvalue weighted by molar-refractivity contribution is -0.126. The zero-order valence-electron chi connectivity index (χ0n) is 13.5. The summed E-state index contributed by atoms with van der Waals surface area (Å²) in [6.07, 6.45) is 0. The summed E-state index contributed by atoms with van der Waals surface area (Å²) in [5.41, 5.74) is 1.28. The molecule has 0 radical (unpaired) electrons. The zero-order chi connectivity index (χ0) is 17.2. The predicted octanol–water partition coefficient (Wildman–Crippen LogP) is 3.53. The Balaban J connectivity index is 1.86. The first-order chi connectivity index (χ1) is 11.5. The number of carbonyl (C=O) groups excluding carboxylic acids is 2. The van der Waals surface area contributed by atoms with E-state index >= 15 is 0 Å². The minimum atomic E-state index is -1.26. The second-order valence-electron chi connectivity index (χ2n) is 5.47. The van der Waals surface area contributed by atoms with Gasteiger partial charge >= 0.3 is 0 Å². The smallest absolute Gasteiger partial charge is 0.250 e. The second-order valence-corrected chi connectivity index (χ2v) is 6.93. The third kappa shape index (κ3) is 2.97. The Hall–Kier alpha value is -2.47. The lowest BCUT2D eigenvalue weighted by Crippen LogP contribution is -2.49. The second kappa shape index (κ2) is 6.57. The Morgan fingerprint density at radius 3 is 2.71 bits per heavy atom. The Morgan fingerprint density at radius 1 is 1.21 bits per heavy atom. The van der Waals surface area contributed by atoms with E-state index in [1.54, 1.807) is 19.1 Å². The fourth-order valence-electron chi connectivity index (χ4n) is 2.41. The lowest BCUT2D eigenvalue weighted by Gasteiger charge is -2.32. The van der Waals surface area contributed by atoms with Crippen LogP contribution in [0.5, 0.6) is 5.75 Å². The molecule has 3 rings (SSSR count). The van der Waals surface area contributed by atoms with Crippen LogP contribution in [0.4, 0.5) is 11.4 Å². The number of nitrogens with one attached hydrogen (secondary N) is 2. The van der Waals surface area contributed by atoms with E-state index in [2.05, 4.69) is 10.6 Å². The molecule has 24 heavy (non-hydrogen) atoms. The number of rotatable bonds is 4. The maximum absolute atomic E-state index is 12.8. The van der Waals surface area contributed by atoms with Gasteiger partial charge in [0.1, 0.15) is 5.75 Å². The summed E-state index contributed by atoms with van der Waals surface area (Å²) in [6, 6.07) is 14.6. The number of thioether (sulfide) groups is 1. The van der Waals surface area contributed by atoms with Gasteiger partial charge in [0.25, 0.3) is 0 Å². The summed E-state index contributed by atoms with van der Waals surface area (Å²) in [6.45, 7) is 4.00. The highest BCUT2D eigenvalue weighted by atomic mass is 32.2. The molecule has 1 aliphatic rings. The number of hydrogen-bond donors (Lipinski definition) is 2. The van der Waals surface area contributed by atoms with Crippen LogP contribution >= 0.6 is 11.8 Å². The molecule has 1 atom stereocenters. The number of fused-ring (bicyclic) bond motifs is 1. The van der Waals surface area contributed by atoms with E-state index in [0.717, 1.165) is 10.6 Å². The van der Waals surface area contributed by atoms with Crippen molar-refractivity contribution >= 4 is 35.0 Å². The van der Waals surface area contributed by atoms with Crippen LogP contribution in [0.2, 0.25) is 0 Å². The monoisotopic (exact) mass is 342 g/mol. The Bertz CT molecular complexity index is 793. The van der Waals surface area contributed by atoms with Crippen LogP contribution in [0.3, 0.4) is 0 Å². The van der Waals surface area contributed by atoms with Crippen molar-refractivity contribution in [2.45, 2.75) is 23.5 Å². The standard InChI is InChI=1S/C18H18N2O3S/c1-3-23-14-10-6-4-8-12(14)19-16(21)18(2)17(22)20-13-9-5-7-11-15(13)24-18/h4-11H,3H2,1-2H3,(H,19,21)(H,20,22). The fraction of sp³-hybridized carbons (Fsp3) is 0.222. The summed E-state index contributed by atoms with van der Waals surface area (Å²) < 4.78 is 4.26. The lowest BCUT2D eigenvalue weighted by atomic mass is 10.1. The first-order valence-corrected chi connectivity index (χ1v) is 8.49. The summed E-state index contributed by atoms with van der Waals surface area (Å²) in [5.74, 6) is -0.136. The summed E-state index contributed by atoms with van der Waals surface area (Å²) >= 11 is 1.25. The number of para-hydroxylation sites is 3. The van der Waals surface area contributed by atoms with Crippen molar-refractivity contribution < 1.29 is 14.3 Å². The molecule has 0 saturated carbocycles. The minimum Gasteiger partial charge on any atom is -0.492 e. The molecule has 0 aromatic heterocycles. The number of anilines is 2. The Labute approximate surface area is 144 Å². The summed E-state index contributed by atoms with van der Waals surface area (Å²) in [7, 11) is 0. The third-order valence-electron chi connectivity index (χ3n) is 3.75. The molecule has 2 aromatic rings. The molecule has 1 aliphatic heterocycles. The zero-order valence-corrected chi connectivity index (χ0v) is 14.3. The van der Waals surface area contributed by atoms with Gasteiger partial charge in [-0.3, -0.25) is 9.59 Å². The predicted molar refractivity (Wildman–Crippen MR) is 95.6 cm³/mol. The molecule has 2 amide bonds. The Kier molecular flexibility index (Phi) is 4.49. The van der Waals surface area contributed by atoms with Gasteiger partial charge in [0.05, 0.1) is 18.0 Å². The van der Waals surface area contributed by atoms with E-state index in [1.165, 1.54) is 11.8 Å². The van der Waals surface area contributed by atoms with Gasteiger partial charge in [-0.2, -0.15) is 0 Å².